The number of hydrogen-bond acceptors (Lipinski definition) is 5. The molecule has 0 radical (unpaired) electrons. The second kappa shape index (κ2) is 6.78. The van der Waals surface area contributed by atoms with Gasteiger partial charge in [-0.25, -0.2) is 4.98 Å². The second-order valence-corrected chi connectivity index (χ2v) is 4.37. The first-order valence-corrected chi connectivity index (χ1v) is 6.54. The molecular weight excluding hydrogens is 272 g/mol. The largest absolute Gasteiger partial charge is 0.493 e. The van der Waals surface area contributed by atoms with Gasteiger partial charge < -0.3 is 14.2 Å². The van der Waals surface area contributed by atoms with Crippen LogP contribution in [-0.4, -0.2) is 30.4 Å². The van der Waals surface area contributed by atoms with Crippen LogP contribution < -0.4 is 19.8 Å². The Morgan fingerprint density at radius 2 is 1.86 bits per heavy atom. The van der Waals surface area contributed by atoms with Crippen molar-refractivity contribution in [3.63, 3.8) is 0 Å². The summed E-state index contributed by atoms with van der Waals surface area (Å²) in [5.41, 5.74) is 0.460. The van der Waals surface area contributed by atoms with Gasteiger partial charge in [0.25, 0.3) is 11.6 Å². The summed E-state index contributed by atoms with van der Waals surface area (Å²) in [5, 5.41) is 0. The van der Waals surface area contributed by atoms with Crippen LogP contribution >= 0.6 is 0 Å². The number of ether oxygens (including phenoxy) is 3. The van der Waals surface area contributed by atoms with E-state index in [4.69, 9.17) is 14.2 Å². The summed E-state index contributed by atoms with van der Waals surface area (Å²) in [7, 11) is 3.07. The molecule has 2 rings (SSSR count). The van der Waals surface area contributed by atoms with Gasteiger partial charge in [-0.1, -0.05) is 12.1 Å². The molecule has 6 heteroatoms. The molecule has 0 aliphatic carbocycles. The summed E-state index contributed by atoms with van der Waals surface area (Å²) in [5.74, 6) is 1.28. The normalized spacial score (nSPS) is 10.2. The Hall–Kier alpha value is -2.50. The third kappa shape index (κ3) is 3.53. The number of rotatable bonds is 6. The number of methoxy groups -OCH3 is 2. The van der Waals surface area contributed by atoms with Crippen molar-refractivity contribution in [1.29, 1.82) is 0 Å². The van der Waals surface area contributed by atoms with Crippen LogP contribution in [0.2, 0.25) is 0 Å². The first kappa shape index (κ1) is 14.9. The minimum atomic E-state index is -0.164. The van der Waals surface area contributed by atoms with E-state index in [0.29, 0.717) is 30.3 Å². The van der Waals surface area contributed by atoms with Crippen molar-refractivity contribution in [3.8, 4) is 17.5 Å². The zero-order valence-corrected chi connectivity index (χ0v) is 12.3. The molecule has 21 heavy (non-hydrogen) atoms. The van der Waals surface area contributed by atoms with Gasteiger partial charge in [0, 0.05) is 11.8 Å². The molecular formula is C15H18N2O4. The molecule has 0 fully saturated rings. The van der Waals surface area contributed by atoms with Crippen LogP contribution in [0, 0.1) is 6.92 Å². The zero-order valence-electron chi connectivity index (χ0n) is 12.3. The number of aryl methyl sites for hydroxylation is 1. The van der Waals surface area contributed by atoms with Crippen molar-refractivity contribution >= 4 is 0 Å². The van der Waals surface area contributed by atoms with E-state index < -0.39 is 0 Å². The highest BCUT2D eigenvalue weighted by atomic mass is 16.5. The molecule has 0 spiro atoms. The molecule has 0 saturated heterocycles. The topological polar surface area (TPSA) is 62.6 Å². The highest BCUT2D eigenvalue weighted by Gasteiger charge is 2.08. The predicted octanol–water partition coefficient (Wildman–Crippen LogP) is 1.65. The number of aromatic nitrogens is 2. The first-order chi connectivity index (χ1) is 10.2. The number of benzene rings is 1. The average Bonchev–Trinajstić information content (AvgIpc) is 2.49. The lowest BCUT2D eigenvalue weighted by Gasteiger charge is -2.13. The van der Waals surface area contributed by atoms with Gasteiger partial charge in [0.15, 0.2) is 11.5 Å². The molecule has 0 aliphatic heterocycles. The highest BCUT2D eigenvalue weighted by Crippen LogP contribution is 2.25. The van der Waals surface area contributed by atoms with Crippen LogP contribution in [0.15, 0.2) is 35.1 Å². The second-order valence-electron chi connectivity index (χ2n) is 4.37. The van der Waals surface area contributed by atoms with Crippen LogP contribution in [0.4, 0.5) is 0 Å². The predicted molar refractivity (Wildman–Crippen MR) is 78.3 cm³/mol. The van der Waals surface area contributed by atoms with Crippen molar-refractivity contribution in [2.45, 2.75) is 13.5 Å². The Bertz CT molecular complexity index is 667. The van der Waals surface area contributed by atoms with Gasteiger partial charge >= 0.3 is 0 Å². The third-order valence-corrected chi connectivity index (χ3v) is 2.93. The quantitative estimate of drug-likeness (QED) is 0.809. The molecule has 2 aromatic rings. The summed E-state index contributed by atoms with van der Waals surface area (Å²) in [6.07, 6.45) is 0. The summed E-state index contributed by atoms with van der Waals surface area (Å²) in [6.45, 7) is 2.40. The number of hydrogen-bond donors (Lipinski definition) is 0. The minimum absolute atomic E-state index is 0.164. The van der Waals surface area contributed by atoms with E-state index >= 15 is 0 Å². The van der Waals surface area contributed by atoms with Gasteiger partial charge in [0.1, 0.15) is 6.61 Å². The maximum Gasteiger partial charge on any atom is 0.299 e. The molecule has 0 saturated carbocycles. The van der Waals surface area contributed by atoms with Crippen molar-refractivity contribution in [2.75, 3.05) is 20.8 Å². The van der Waals surface area contributed by atoms with Crippen LogP contribution in [0.3, 0.4) is 0 Å². The van der Waals surface area contributed by atoms with Gasteiger partial charge in [0.05, 0.1) is 20.8 Å². The summed E-state index contributed by atoms with van der Waals surface area (Å²) < 4.78 is 17.4. The van der Waals surface area contributed by atoms with Gasteiger partial charge in [-0.05, 0) is 19.1 Å². The first-order valence-electron chi connectivity index (χ1n) is 6.54. The Morgan fingerprint density at radius 1 is 1.14 bits per heavy atom. The number of para-hydroxylation sites is 2. The highest BCUT2D eigenvalue weighted by molar-refractivity contribution is 5.39. The molecule has 1 heterocycles. The van der Waals surface area contributed by atoms with E-state index in [9.17, 15) is 4.79 Å². The molecule has 0 aliphatic rings. The summed E-state index contributed by atoms with van der Waals surface area (Å²) >= 11 is 0. The molecule has 0 amide bonds. The molecule has 0 bridgehead atoms. The van der Waals surface area contributed by atoms with Crippen LogP contribution in [0.5, 0.6) is 17.5 Å². The van der Waals surface area contributed by atoms with E-state index in [0.717, 1.165) is 0 Å². The molecule has 112 valence electrons. The Labute approximate surface area is 122 Å². The fraction of sp³-hybridized carbons (Fsp3) is 0.333. The number of nitrogens with zero attached hydrogens (tertiary/aromatic N) is 2. The van der Waals surface area contributed by atoms with Gasteiger partial charge in [-0.2, -0.15) is 0 Å². The molecule has 1 aromatic carbocycles. The summed E-state index contributed by atoms with van der Waals surface area (Å²) in [6, 6.07) is 9.10. The van der Waals surface area contributed by atoms with Crippen molar-refractivity contribution in [3.05, 3.63) is 46.4 Å². The Balaban J connectivity index is 2.09. The fourth-order valence-corrected chi connectivity index (χ4v) is 1.94. The average molecular weight is 290 g/mol. The SMILES string of the molecule is COc1ccccc1OCCn1c(OC)nc(C)cc1=O. The van der Waals surface area contributed by atoms with Crippen molar-refractivity contribution < 1.29 is 14.2 Å². The van der Waals surface area contributed by atoms with Gasteiger partial charge in [-0.3, -0.25) is 9.36 Å². The maximum absolute atomic E-state index is 11.9. The van der Waals surface area contributed by atoms with E-state index in [-0.39, 0.29) is 11.6 Å². The molecule has 6 nitrogen and oxygen atoms in total. The molecule has 0 atom stereocenters. The van der Waals surface area contributed by atoms with Crippen LogP contribution in [-0.2, 0) is 6.54 Å². The van der Waals surface area contributed by atoms with Gasteiger partial charge in [-0.15, -0.1) is 0 Å². The molecule has 0 N–H and O–H groups in total. The lowest BCUT2D eigenvalue weighted by molar-refractivity contribution is 0.263. The van der Waals surface area contributed by atoms with Crippen molar-refractivity contribution in [2.24, 2.45) is 0 Å². The van der Waals surface area contributed by atoms with E-state index in [1.165, 1.54) is 17.7 Å². The minimum Gasteiger partial charge on any atom is -0.493 e. The summed E-state index contributed by atoms with van der Waals surface area (Å²) in [4.78, 5) is 16.1. The Morgan fingerprint density at radius 3 is 2.52 bits per heavy atom. The lowest BCUT2D eigenvalue weighted by atomic mass is 10.3. The molecule has 1 aromatic heterocycles. The van der Waals surface area contributed by atoms with Crippen molar-refractivity contribution in [1.82, 2.24) is 9.55 Å². The van der Waals surface area contributed by atoms with Crippen LogP contribution in [0.1, 0.15) is 5.69 Å². The zero-order chi connectivity index (χ0) is 15.2. The Kier molecular flexibility index (Phi) is 4.81. The monoisotopic (exact) mass is 290 g/mol. The van der Waals surface area contributed by atoms with E-state index in [2.05, 4.69) is 4.98 Å². The maximum atomic E-state index is 11.9. The standard InChI is InChI=1S/C15H18N2O4/c1-11-10-14(18)17(15(16-11)20-3)8-9-21-13-7-5-4-6-12(13)19-2/h4-7,10H,8-9H2,1-3H3. The van der Waals surface area contributed by atoms with Crippen LogP contribution in [0.25, 0.3) is 0 Å². The van der Waals surface area contributed by atoms with Gasteiger partial charge in [0.2, 0.25) is 0 Å². The third-order valence-electron chi connectivity index (χ3n) is 2.93. The fourth-order valence-electron chi connectivity index (χ4n) is 1.94. The van der Waals surface area contributed by atoms with E-state index in [1.54, 1.807) is 14.0 Å². The van der Waals surface area contributed by atoms with E-state index in [1.807, 2.05) is 24.3 Å². The molecule has 0 unspecified atom stereocenters. The smallest absolute Gasteiger partial charge is 0.299 e. The lowest BCUT2D eigenvalue weighted by Crippen LogP contribution is -2.25.